The van der Waals surface area contributed by atoms with Crippen LogP contribution in [0.5, 0.6) is 0 Å². The van der Waals surface area contributed by atoms with Crippen LogP contribution in [0.4, 0.5) is 6.01 Å². The van der Waals surface area contributed by atoms with E-state index >= 15 is 0 Å². The van der Waals surface area contributed by atoms with Crippen molar-refractivity contribution < 1.29 is 4.42 Å². The molecule has 0 bridgehead atoms. The number of anilines is 1. The quantitative estimate of drug-likeness (QED) is 0.629. The monoisotopic (exact) mass is 392 g/mol. The Hall–Kier alpha value is -0.600. The summed E-state index contributed by atoms with van der Waals surface area (Å²) in [5, 5.41) is 3.78. The van der Waals surface area contributed by atoms with E-state index in [0.717, 1.165) is 23.1 Å². The molecule has 1 fully saturated rings. The van der Waals surface area contributed by atoms with Gasteiger partial charge in [0, 0.05) is 12.6 Å². The number of oxazole rings is 1. The minimum Gasteiger partial charge on any atom is -0.421 e. The average Bonchev–Trinajstić information content (AvgIpc) is 2.71. The van der Waals surface area contributed by atoms with Crippen molar-refractivity contribution in [2.24, 2.45) is 0 Å². The van der Waals surface area contributed by atoms with Gasteiger partial charge in [-0.15, -0.1) is 0 Å². The normalized spacial score (nSPS) is 20.9. The maximum absolute atomic E-state index is 5.92. The first-order chi connectivity index (χ1) is 9.11. The van der Waals surface area contributed by atoms with Crippen LogP contribution in [0.15, 0.2) is 10.5 Å². The topological polar surface area (TPSA) is 54.2 Å². The summed E-state index contributed by atoms with van der Waals surface area (Å²) in [5.41, 5.74) is 1.25. The van der Waals surface area contributed by atoms with Crippen LogP contribution < -0.4 is 5.32 Å². The van der Waals surface area contributed by atoms with Crippen LogP contribution in [0.1, 0.15) is 12.8 Å². The molecule has 0 spiro atoms. The van der Waals surface area contributed by atoms with Gasteiger partial charge in [-0.1, -0.05) is 11.6 Å². The number of hydrogen-bond donors (Lipinski definition) is 1. The number of halogens is 2. The third-order valence-corrected chi connectivity index (χ3v) is 4.23. The van der Waals surface area contributed by atoms with E-state index in [1.807, 2.05) is 0 Å². The first-order valence-electron chi connectivity index (χ1n) is 6.19. The van der Waals surface area contributed by atoms with Gasteiger partial charge < -0.3 is 14.6 Å². The number of nitrogens with one attached hydrogen (secondary N) is 1. The van der Waals surface area contributed by atoms with Crippen molar-refractivity contribution in [3.8, 4) is 0 Å². The van der Waals surface area contributed by atoms with Gasteiger partial charge >= 0.3 is 0 Å². The summed E-state index contributed by atoms with van der Waals surface area (Å²) in [5.74, 6) is 0. The van der Waals surface area contributed by atoms with E-state index in [9.17, 15) is 0 Å². The number of rotatable bonds is 2. The molecule has 0 radical (unpaired) electrons. The second-order valence-electron chi connectivity index (χ2n) is 4.84. The summed E-state index contributed by atoms with van der Waals surface area (Å²) >= 11 is 8.10. The third-order valence-electron chi connectivity index (χ3n) is 3.24. The molecule has 3 heterocycles. The fraction of sp³-hybridized carbons (Fsp3) is 0.500. The SMILES string of the molecule is CN1CCC[C@@H](Nc2nc3nc(Cl)cc(I)c3o2)C1. The highest BCUT2D eigenvalue weighted by Gasteiger charge is 2.19. The van der Waals surface area contributed by atoms with Crippen LogP contribution >= 0.6 is 34.2 Å². The number of hydrogen-bond acceptors (Lipinski definition) is 5. The van der Waals surface area contributed by atoms with Gasteiger partial charge in [0.25, 0.3) is 6.01 Å². The zero-order valence-corrected chi connectivity index (χ0v) is 13.4. The maximum Gasteiger partial charge on any atom is 0.297 e. The summed E-state index contributed by atoms with van der Waals surface area (Å²) in [6.07, 6.45) is 2.32. The number of piperidine rings is 1. The van der Waals surface area contributed by atoms with Crippen molar-refractivity contribution >= 4 is 51.4 Å². The second kappa shape index (κ2) is 5.41. The van der Waals surface area contributed by atoms with E-state index in [1.165, 1.54) is 6.42 Å². The molecular formula is C12H14ClIN4O. The molecule has 1 aliphatic heterocycles. The molecule has 1 aliphatic rings. The van der Waals surface area contributed by atoms with Gasteiger partial charge in [-0.2, -0.15) is 4.98 Å². The third kappa shape index (κ3) is 2.95. The second-order valence-corrected chi connectivity index (χ2v) is 6.39. The lowest BCUT2D eigenvalue weighted by atomic mass is 10.1. The summed E-state index contributed by atoms with van der Waals surface area (Å²) in [6.45, 7) is 2.16. The highest BCUT2D eigenvalue weighted by molar-refractivity contribution is 14.1. The van der Waals surface area contributed by atoms with E-state index in [2.05, 4.69) is 49.8 Å². The Morgan fingerprint density at radius 1 is 1.53 bits per heavy atom. The van der Waals surface area contributed by atoms with Crippen molar-refractivity contribution in [2.45, 2.75) is 18.9 Å². The lowest BCUT2D eigenvalue weighted by Gasteiger charge is -2.29. The fourth-order valence-electron chi connectivity index (χ4n) is 2.37. The first-order valence-corrected chi connectivity index (χ1v) is 7.65. The number of aromatic nitrogens is 2. The van der Waals surface area contributed by atoms with Crippen molar-refractivity contribution in [3.05, 3.63) is 14.8 Å². The largest absolute Gasteiger partial charge is 0.421 e. The lowest BCUT2D eigenvalue weighted by Crippen LogP contribution is -2.39. The predicted octanol–water partition coefficient (Wildman–Crippen LogP) is 2.99. The van der Waals surface area contributed by atoms with Gasteiger partial charge in [-0.25, -0.2) is 4.98 Å². The molecule has 7 heteroatoms. The van der Waals surface area contributed by atoms with Crippen molar-refractivity contribution in [3.63, 3.8) is 0 Å². The molecule has 3 rings (SSSR count). The van der Waals surface area contributed by atoms with Crippen LogP contribution in [-0.2, 0) is 0 Å². The molecule has 102 valence electrons. The van der Waals surface area contributed by atoms with Gasteiger partial charge in [0.05, 0.1) is 3.57 Å². The van der Waals surface area contributed by atoms with E-state index < -0.39 is 0 Å². The molecule has 5 nitrogen and oxygen atoms in total. The number of likely N-dealkylation sites (N-methyl/N-ethyl adjacent to an activating group) is 1. The highest BCUT2D eigenvalue weighted by atomic mass is 127. The molecule has 0 aliphatic carbocycles. The fourth-order valence-corrected chi connectivity index (χ4v) is 3.39. The average molecular weight is 393 g/mol. The molecule has 0 unspecified atom stereocenters. The lowest BCUT2D eigenvalue weighted by molar-refractivity contribution is 0.259. The first kappa shape index (κ1) is 13.4. The summed E-state index contributed by atoms with van der Waals surface area (Å²) in [7, 11) is 2.13. The van der Waals surface area contributed by atoms with Crippen molar-refractivity contribution in [1.29, 1.82) is 0 Å². The van der Waals surface area contributed by atoms with E-state index in [1.54, 1.807) is 6.07 Å². The zero-order chi connectivity index (χ0) is 13.4. The maximum atomic E-state index is 5.92. The Kier molecular flexibility index (Phi) is 3.81. The summed E-state index contributed by atoms with van der Waals surface area (Å²) in [4.78, 5) is 10.8. The molecule has 2 aromatic rings. The molecule has 1 N–H and O–H groups in total. The number of likely N-dealkylation sites (tertiary alicyclic amines) is 1. The zero-order valence-electron chi connectivity index (χ0n) is 10.5. The van der Waals surface area contributed by atoms with Crippen molar-refractivity contribution in [1.82, 2.24) is 14.9 Å². The van der Waals surface area contributed by atoms with E-state index in [-0.39, 0.29) is 0 Å². The van der Waals surface area contributed by atoms with Crippen molar-refractivity contribution in [2.75, 3.05) is 25.5 Å². The van der Waals surface area contributed by atoms with Gasteiger partial charge in [0.2, 0.25) is 5.65 Å². The molecule has 1 atom stereocenters. The summed E-state index contributed by atoms with van der Waals surface area (Å²) < 4.78 is 6.65. The van der Waals surface area contributed by atoms with Crippen LogP contribution in [0.3, 0.4) is 0 Å². The molecule has 1 saturated heterocycles. The van der Waals surface area contributed by atoms with Crippen LogP contribution in [0.2, 0.25) is 5.15 Å². The Morgan fingerprint density at radius 3 is 3.16 bits per heavy atom. The van der Waals surface area contributed by atoms with Gasteiger partial charge in [0.1, 0.15) is 5.15 Å². The van der Waals surface area contributed by atoms with E-state index in [4.69, 9.17) is 16.0 Å². The van der Waals surface area contributed by atoms with E-state index in [0.29, 0.717) is 28.4 Å². The molecule has 0 amide bonds. The smallest absolute Gasteiger partial charge is 0.297 e. The number of pyridine rings is 1. The Balaban J connectivity index is 1.83. The van der Waals surface area contributed by atoms with Crippen LogP contribution in [-0.4, -0.2) is 41.0 Å². The molecule has 2 aromatic heterocycles. The van der Waals surface area contributed by atoms with Gasteiger partial charge in [-0.3, -0.25) is 0 Å². The van der Waals surface area contributed by atoms with Gasteiger partial charge in [0.15, 0.2) is 5.58 Å². The minimum absolute atomic E-state index is 0.375. The Labute approximate surface area is 129 Å². The Morgan fingerprint density at radius 2 is 2.37 bits per heavy atom. The molecule has 19 heavy (non-hydrogen) atoms. The molecular weight excluding hydrogens is 379 g/mol. The molecule has 0 aromatic carbocycles. The molecule has 0 saturated carbocycles. The van der Waals surface area contributed by atoms with Crippen LogP contribution in [0, 0.1) is 3.57 Å². The standard InChI is InChI=1S/C12H14ClIN4O/c1-18-4-2-3-7(6-18)15-12-17-11-10(19-12)8(14)5-9(13)16-11/h5,7H,2-4,6H2,1H3,(H,15,16,17)/t7-/m1/s1. The highest BCUT2D eigenvalue weighted by Crippen LogP contribution is 2.26. The number of fused-ring (bicyclic) bond motifs is 1. The predicted molar refractivity (Wildman–Crippen MR) is 83.7 cm³/mol. The minimum atomic E-state index is 0.375. The van der Waals surface area contributed by atoms with Crippen LogP contribution in [0.25, 0.3) is 11.2 Å². The van der Waals surface area contributed by atoms with Gasteiger partial charge in [-0.05, 0) is 55.1 Å². The number of nitrogens with zero attached hydrogens (tertiary/aromatic N) is 3. The Bertz CT molecular complexity index is 603. The summed E-state index contributed by atoms with van der Waals surface area (Å²) in [6, 6.07) is 2.68.